The zero-order valence-corrected chi connectivity index (χ0v) is 18.3. The Labute approximate surface area is 184 Å². The van der Waals surface area contributed by atoms with Crippen LogP contribution in [0, 0.1) is 5.82 Å². The van der Waals surface area contributed by atoms with E-state index in [0.717, 1.165) is 5.56 Å². The fourth-order valence-corrected chi connectivity index (χ4v) is 4.64. The highest BCUT2D eigenvalue weighted by Crippen LogP contribution is 2.35. The fraction of sp³-hybridized carbons (Fsp3) is 0.182. The second kappa shape index (κ2) is 8.60. The number of thiophene rings is 1. The molecule has 1 aliphatic heterocycles. The Hall–Kier alpha value is -3.04. The lowest BCUT2D eigenvalue weighted by atomic mass is 9.98. The summed E-state index contributed by atoms with van der Waals surface area (Å²) in [6.07, 6.45) is 0.417. The van der Waals surface area contributed by atoms with Crippen LogP contribution >= 0.6 is 11.3 Å². The molecule has 31 heavy (non-hydrogen) atoms. The summed E-state index contributed by atoms with van der Waals surface area (Å²) in [4.78, 5) is 13.6. The van der Waals surface area contributed by atoms with Gasteiger partial charge in [0.25, 0.3) is 5.91 Å². The van der Waals surface area contributed by atoms with Crippen LogP contribution in [0.1, 0.15) is 40.2 Å². The number of sulfonamides is 1. The summed E-state index contributed by atoms with van der Waals surface area (Å²) in [5.74, 6) is -0.634. The number of benzene rings is 2. The fourth-order valence-electron chi connectivity index (χ4n) is 3.34. The molecule has 1 amide bonds. The quantitative estimate of drug-likeness (QED) is 0.586. The van der Waals surface area contributed by atoms with Crippen LogP contribution in [-0.4, -0.2) is 30.8 Å². The number of amides is 1. The van der Waals surface area contributed by atoms with Crippen LogP contribution in [0.2, 0.25) is 0 Å². The molecule has 3 aromatic rings. The third-order valence-electron chi connectivity index (χ3n) is 4.96. The molecule has 6 nitrogen and oxygen atoms in total. The van der Waals surface area contributed by atoms with Crippen molar-refractivity contribution in [3.63, 3.8) is 0 Å². The molecule has 0 unspecified atom stereocenters. The second-order valence-electron chi connectivity index (χ2n) is 7.03. The molecular formula is C22H20FN3O3S2. The van der Waals surface area contributed by atoms with Gasteiger partial charge in [0, 0.05) is 12.1 Å². The average Bonchev–Trinajstić information content (AvgIpc) is 3.44. The highest BCUT2D eigenvalue weighted by atomic mass is 32.2. The normalized spacial score (nSPS) is 16.3. The number of carbonyl (C=O) groups is 1. The number of rotatable bonds is 6. The van der Waals surface area contributed by atoms with Crippen molar-refractivity contribution in [2.45, 2.75) is 19.4 Å². The van der Waals surface area contributed by atoms with Gasteiger partial charge < -0.3 is 0 Å². The number of hydrogen-bond donors (Lipinski definition) is 1. The van der Waals surface area contributed by atoms with E-state index in [9.17, 15) is 17.6 Å². The Morgan fingerprint density at radius 1 is 1.19 bits per heavy atom. The van der Waals surface area contributed by atoms with Crippen molar-refractivity contribution in [2.24, 2.45) is 5.10 Å². The molecule has 1 aliphatic rings. The third kappa shape index (κ3) is 4.67. The van der Waals surface area contributed by atoms with E-state index in [0.29, 0.717) is 28.3 Å². The van der Waals surface area contributed by atoms with Crippen LogP contribution in [-0.2, 0) is 10.0 Å². The van der Waals surface area contributed by atoms with Crippen LogP contribution in [0.3, 0.4) is 0 Å². The van der Waals surface area contributed by atoms with E-state index in [1.807, 2.05) is 5.38 Å². The molecule has 0 saturated carbocycles. The Morgan fingerprint density at radius 3 is 2.61 bits per heavy atom. The van der Waals surface area contributed by atoms with E-state index in [1.165, 1.54) is 28.5 Å². The van der Waals surface area contributed by atoms with Crippen molar-refractivity contribution < 1.29 is 17.6 Å². The van der Waals surface area contributed by atoms with Gasteiger partial charge in [0.15, 0.2) is 0 Å². The van der Waals surface area contributed by atoms with Crippen molar-refractivity contribution in [3.8, 4) is 0 Å². The average molecular weight is 458 g/mol. The molecule has 4 rings (SSSR count). The van der Waals surface area contributed by atoms with Gasteiger partial charge >= 0.3 is 0 Å². The molecule has 0 fully saturated rings. The monoisotopic (exact) mass is 457 g/mol. The minimum absolute atomic E-state index is 0.0173. The van der Waals surface area contributed by atoms with Crippen LogP contribution in [0.4, 0.5) is 10.1 Å². The summed E-state index contributed by atoms with van der Waals surface area (Å²) in [6.45, 7) is 1.57. The number of hydrogen-bond acceptors (Lipinski definition) is 5. The molecule has 1 atom stereocenters. The van der Waals surface area contributed by atoms with Crippen molar-refractivity contribution in [1.29, 1.82) is 0 Å². The zero-order chi connectivity index (χ0) is 22.0. The van der Waals surface area contributed by atoms with Gasteiger partial charge in [-0.1, -0.05) is 30.3 Å². The standard InChI is InChI=1S/C22H20FN3O3S2/c1-2-31(28,29)25-18-10-8-15(9-11-18)19-14-20(16-5-3-6-17(23)13-16)26(24-19)22(27)21-7-4-12-30-21/h3-13,20,25H,2,14H2,1H3/t20-/m1/s1. The van der Waals surface area contributed by atoms with Gasteiger partial charge in [-0.3, -0.25) is 9.52 Å². The maximum Gasteiger partial charge on any atom is 0.284 e. The molecular weight excluding hydrogens is 437 g/mol. The summed E-state index contributed by atoms with van der Waals surface area (Å²) in [7, 11) is -3.37. The molecule has 0 radical (unpaired) electrons. The number of carbonyl (C=O) groups excluding carboxylic acids is 1. The number of anilines is 1. The molecule has 160 valence electrons. The van der Waals surface area contributed by atoms with Gasteiger partial charge in [-0.05, 0) is 53.8 Å². The highest BCUT2D eigenvalue weighted by Gasteiger charge is 2.34. The van der Waals surface area contributed by atoms with E-state index < -0.39 is 16.1 Å². The Morgan fingerprint density at radius 2 is 1.97 bits per heavy atom. The largest absolute Gasteiger partial charge is 0.284 e. The van der Waals surface area contributed by atoms with Gasteiger partial charge in [-0.15, -0.1) is 11.3 Å². The van der Waals surface area contributed by atoms with Gasteiger partial charge in [-0.25, -0.2) is 17.8 Å². The molecule has 9 heteroatoms. The first kappa shape index (κ1) is 21.2. The summed E-state index contributed by atoms with van der Waals surface area (Å²) in [5, 5.41) is 7.80. The summed E-state index contributed by atoms with van der Waals surface area (Å²) in [5.41, 5.74) is 2.56. The number of nitrogens with one attached hydrogen (secondary N) is 1. The van der Waals surface area contributed by atoms with E-state index in [-0.39, 0.29) is 17.5 Å². The molecule has 0 aliphatic carbocycles. The zero-order valence-electron chi connectivity index (χ0n) is 16.7. The van der Waals surface area contributed by atoms with Gasteiger partial charge in [0.2, 0.25) is 10.0 Å². The maximum atomic E-state index is 13.9. The number of halogens is 1. The molecule has 1 aromatic heterocycles. The molecule has 2 aromatic carbocycles. The van der Waals surface area contributed by atoms with Crippen molar-refractivity contribution in [1.82, 2.24) is 5.01 Å². The topological polar surface area (TPSA) is 78.8 Å². The Bertz CT molecular complexity index is 1220. The lowest BCUT2D eigenvalue weighted by molar-refractivity contribution is 0.0716. The van der Waals surface area contributed by atoms with Crippen LogP contribution in [0.25, 0.3) is 0 Å². The maximum absolute atomic E-state index is 13.9. The van der Waals surface area contributed by atoms with Crippen LogP contribution in [0.5, 0.6) is 0 Å². The lowest BCUT2D eigenvalue weighted by Crippen LogP contribution is -2.26. The van der Waals surface area contributed by atoms with Crippen molar-refractivity contribution in [3.05, 3.63) is 87.9 Å². The lowest BCUT2D eigenvalue weighted by Gasteiger charge is -2.21. The summed E-state index contributed by atoms with van der Waals surface area (Å²) >= 11 is 1.32. The number of nitrogens with zero attached hydrogens (tertiary/aromatic N) is 2. The molecule has 2 heterocycles. The van der Waals surface area contributed by atoms with E-state index in [2.05, 4.69) is 9.82 Å². The van der Waals surface area contributed by atoms with Gasteiger partial charge in [0.1, 0.15) is 5.82 Å². The minimum atomic E-state index is -3.37. The molecule has 0 bridgehead atoms. The van der Waals surface area contributed by atoms with Crippen LogP contribution < -0.4 is 4.72 Å². The highest BCUT2D eigenvalue weighted by molar-refractivity contribution is 7.92. The second-order valence-corrected chi connectivity index (χ2v) is 9.99. The van der Waals surface area contributed by atoms with Crippen molar-refractivity contribution in [2.75, 3.05) is 10.5 Å². The van der Waals surface area contributed by atoms with Crippen molar-refractivity contribution >= 4 is 38.7 Å². The molecule has 1 N–H and O–H groups in total. The first-order valence-electron chi connectivity index (χ1n) is 9.67. The smallest absolute Gasteiger partial charge is 0.284 e. The predicted octanol–water partition coefficient (Wildman–Crippen LogP) is 4.64. The molecule has 0 saturated heterocycles. The molecule has 0 spiro atoms. The van der Waals surface area contributed by atoms with E-state index in [4.69, 9.17) is 0 Å². The van der Waals surface area contributed by atoms with E-state index in [1.54, 1.807) is 55.5 Å². The summed E-state index contributed by atoms with van der Waals surface area (Å²) in [6, 6.07) is 16.1. The van der Waals surface area contributed by atoms with E-state index >= 15 is 0 Å². The first-order valence-corrected chi connectivity index (χ1v) is 12.2. The SMILES string of the molecule is CCS(=O)(=O)Nc1ccc(C2=NN(C(=O)c3cccs3)[C@@H](c3cccc(F)c3)C2)cc1. The summed E-state index contributed by atoms with van der Waals surface area (Å²) < 4.78 is 39.9. The Kier molecular flexibility index (Phi) is 5.88. The first-order chi connectivity index (χ1) is 14.9. The van der Waals surface area contributed by atoms with Gasteiger partial charge in [0.05, 0.1) is 22.4 Å². The predicted molar refractivity (Wildman–Crippen MR) is 120 cm³/mol. The Balaban J connectivity index is 1.65. The van der Waals surface area contributed by atoms with Gasteiger partial charge in [-0.2, -0.15) is 5.10 Å². The number of hydrazone groups is 1. The minimum Gasteiger partial charge on any atom is -0.284 e. The van der Waals surface area contributed by atoms with Crippen LogP contribution in [0.15, 0.2) is 71.1 Å². The third-order valence-corrected chi connectivity index (χ3v) is 7.12.